The third-order valence-electron chi connectivity index (χ3n) is 6.31. The van der Waals surface area contributed by atoms with Crippen LogP contribution >= 0.6 is 23.2 Å². The minimum atomic E-state index is -0.832. The molecule has 0 aromatic heterocycles. The third kappa shape index (κ3) is 4.32. The van der Waals surface area contributed by atoms with Crippen molar-refractivity contribution in [2.24, 2.45) is 17.8 Å². The van der Waals surface area contributed by atoms with Crippen molar-refractivity contribution in [1.29, 1.82) is 0 Å². The molecule has 0 spiro atoms. The molecule has 172 valence electrons. The number of amides is 3. The average molecular weight is 490 g/mol. The molecule has 0 unspecified atom stereocenters. The standard InChI is InChI=1S/C23H21Cl2N3O5/c1-13-6-9-16-18(10-13)23(31)27(22(16)30)26(12-14-7-8-15(24)11-19(14)25)21(29)17-4-2-3-5-20(17)28(32)33/h2-5,7-8,11,13,16,18H,6,9-10,12H2,1H3/t13-,16+,18+/m1/s1. The lowest BCUT2D eigenvalue weighted by Crippen LogP contribution is -2.50. The van der Waals surface area contributed by atoms with E-state index in [2.05, 4.69) is 0 Å². The highest BCUT2D eigenvalue weighted by molar-refractivity contribution is 6.35. The summed E-state index contributed by atoms with van der Waals surface area (Å²) in [6.45, 7) is 1.80. The first-order valence-corrected chi connectivity index (χ1v) is 11.3. The lowest BCUT2D eigenvalue weighted by atomic mass is 9.76. The van der Waals surface area contributed by atoms with E-state index in [1.165, 1.54) is 30.3 Å². The predicted octanol–water partition coefficient (Wildman–Crippen LogP) is 4.88. The van der Waals surface area contributed by atoms with Crippen LogP contribution in [0.25, 0.3) is 0 Å². The van der Waals surface area contributed by atoms with E-state index in [9.17, 15) is 24.5 Å². The summed E-state index contributed by atoms with van der Waals surface area (Å²) in [5.41, 5.74) is -0.201. The molecule has 2 aromatic carbocycles. The molecule has 0 radical (unpaired) electrons. The lowest BCUT2D eigenvalue weighted by molar-refractivity contribution is -0.385. The Morgan fingerprint density at radius 3 is 2.52 bits per heavy atom. The first-order chi connectivity index (χ1) is 15.7. The van der Waals surface area contributed by atoms with Gasteiger partial charge in [0.15, 0.2) is 0 Å². The van der Waals surface area contributed by atoms with Crippen LogP contribution in [0.2, 0.25) is 10.0 Å². The Bertz CT molecular complexity index is 1150. The molecule has 1 heterocycles. The summed E-state index contributed by atoms with van der Waals surface area (Å²) in [5.74, 6) is -2.49. The summed E-state index contributed by atoms with van der Waals surface area (Å²) in [5, 5.41) is 14.0. The monoisotopic (exact) mass is 489 g/mol. The third-order valence-corrected chi connectivity index (χ3v) is 6.89. The summed E-state index contributed by atoms with van der Waals surface area (Å²) in [6, 6.07) is 10.1. The number of halogens is 2. The zero-order chi connectivity index (χ0) is 23.9. The zero-order valence-electron chi connectivity index (χ0n) is 17.7. The van der Waals surface area contributed by atoms with Gasteiger partial charge in [0.1, 0.15) is 5.56 Å². The van der Waals surface area contributed by atoms with Gasteiger partial charge >= 0.3 is 0 Å². The summed E-state index contributed by atoms with van der Waals surface area (Å²) in [6.07, 6.45) is 1.93. The maximum atomic E-state index is 13.6. The highest BCUT2D eigenvalue weighted by atomic mass is 35.5. The normalized spacial score (nSPS) is 22.3. The highest BCUT2D eigenvalue weighted by Gasteiger charge is 2.52. The van der Waals surface area contributed by atoms with Crippen LogP contribution in [0.5, 0.6) is 0 Å². The largest absolute Gasteiger partial charge is 0.282 e. The van der Waals surface area contributed by atoms with Gasteiger partial charge in [0, 0.05) is 16.1 Å². The molecule has 2 fully saturated rings. The quantitative estimate of drug-likeness (QED) is 0.338. The van der Waals surface area contributed by atoms with Crippen molar-refractivity contribution >= 4 is 46.6 Å². The van der Waals surface area contributed by atoms with E-state index in [1.54, 1.807) is 12.1 Å². The van der Waals surface area contributed by atoms with E-state index >= 15 is 0 Å². The second-order valence-corrected chi connectivity index (χ2v) is 9.34. The summed E-state index contributed by atoms with van der Waals surface area (Å²) in [7, 11) is 0. The number of hydrogen-bond donors (Lipinski definition) is 0. The number of carbonyl (C=O) groups is 3. The van der Waals surface area contributed by atoms with Crippen molar-refractivity contribution in [2.75, 3.05) is 0 Å². The molecule has 4 rings (SSSR count). The number of rotatable bonds is 5. The topological polar surface area (TPSA) is 101 Å². The Morgan fingerprint density at radius 1 is 1.12 bits per heavy atom. The molecule has 1 saturated carbocycles. The van der Waals surface area contributed by atoms with Crippen LogP contribution in [0.15, 0.2) is 42.5 Å². The fourth-order valence-electron chi connectivity index (χ4n) is 4.61. The molecule has 2 aliphatic rings. The van der Waals surface area contributed by atoms with E-state index < -0.39 is 40.2 Å². The van der Waals surface area contributed by atoms with Gasteiger partial charge < -0.3 is 0 Å². The first kappa shape index (κ1) is 23.2. The first-order valence-electron chi connectivity index (χ1n) is 10.6. The molecule has 1 aliphatic carbocycles. The van der Waals surface area contributed by atoms with Crippen molar-refractivity contribution < 1.29 is 19.3 Å². The summed E-state index contributed by atoms with van der Waals surface area (Å²) in [4.78, 5) is 51.1. The van der Waals surface area contributed by atoms with Gasteiger partial charge in [-0.3, -0.25) is 24.5 Å². The number of hydrogen-bond acceptors (Lipinski definition) is 5. The molecule has 10 heteroatoms. The van der Waals surface area contributed by atoms with Gasteiger partial charge in [0.2, 0.25) is 0 Å². The van der Waals surface area contributed by atoms with Gasteiger partial charge in [-0.15, -0.1) is 0 Å². The van der Waals surface area contributed by atoms with Crippen LogP contribution in [-0.2, 0) is 16.1 Å². The molecule has 8 nitrogen and oxygen atoms in total. The molecule has 0 bridgehead atoms. The molecule has 3 atom stereocenters. The van der Waals surface area contributed by atoms with Crippen LogP contribution < -0.4 is 0 Å². The Balaban J connectivity index is 1.78. The Morgan fingerprint density at radius 2 is 1.82 bits per heavy atom. The van der Waals surface area contributed by atoms with Crippen LogP contribution in [0.1, 0.15) is 42.1 Å². The molecular weight excluding hydrogens is 469 g/mol. The smallest absolute Gasteiger partial charge is 0.272 e. The number of nitrogens with zero attached hydrogens (tertiary/aromatic N) is 3. The molecular formula is C23H21Cl2N3O5. The van der Waals surface area contributed by atoms with Gasteiger partial charge in [-0.2, -0.15) is 5.01 Å². The number of carbonyl (C=O) groups excluding carboxylic acids is 3. The molecule has 33 heavy (non-hydrogen) atoms. The number of nitro groups is 1. The van der Waals surface area contributed by atoms with E-state index in [-0.39, 0.29) is 23.0 Å². The minimum Gasteiger partial charge on any atom is -0.272 e. The van der Waals surface area contributed by atoms with Gasteiger partial charge in [-0.05, 0) is 48.9 Å². The molecule has 1 aliphatic heterocycles. The van der Waals surface area contributed by atoms with Gasteiger partial charge in [-0.25, -0.2) is 5.01 Å². The number of hydrazine groups is 1. The van der Waals surface area contributed by atoms with Crippen LogP contribution in [-0.4, -0.2) is 32.7 Å². The molecule has 2 aromatic rings. The van der Waals surface area contributed by atoms with Gasteiger partial charge in [0.25, 0.3) is 23.4 Å². The van der Waals surface area contributed by atoms with E-state index in [1.807, 2.05) is 6.92 Å². The number of imide groups is 1. The van der Waals surface area contributed by atoms with Crippen LogP contribution in [0.3, 0.4) is 0 Å². The summed E-state index contributed by atoms with van der Waals surface area (Å²) >= 11 is 12.3. The van der Waals surface area contributed by atoms with Crippen molar-refractivity contribution in [3.63, 3.8) is 0 Å². The molecule has 0 N–H and O–H groups in total. The Labute approximate surface area is 200 Å². The number of para-hydroxylation sites is 1. The fraction of sp³-hybridized carbons (Fsp3) is 0.348. The van der Waals surface area contributed by atoms with Crippen molar-refractivity contribution in [3.8, 4) is 0 Å². The van der Waals surface area contributed by atoms with Gasteiger partial charge in [-0.1, -0.05) is 48.3 Å². The average Bonchev–Trinajstić information content (AvgIpc) is 3.02. The second-order valence-electron chi connectivity index (χ2n) is 8.49. The van der Waals surface area contributed by atoms with Crippen molar-refractivity contribution in [3.05, 3.63) is 73.8 Å². The molecule has 3 amide bonds. The zero-order valence-corrected chi connectivity index (χ0v) is 19.3. The maximum Gasteiger partial charge on any atom is 0.282 e. The van der Waals surface area contributed by atoms with Crippen molar-refractivity contribution in [2.45, 2.75) is 32.7 Å². The SMILES string of the molecule is C[C@@H]1CC[C@@H]2C(=O)N(N(Cc3ccc(Cl)cc3Cl)C(=O)c3ccccc3[N+](=O)[O-])C(=O)[C@H]2C1. The highest BCUT2D eigenvalue weighted by Crippen LogP contribution is 2.42. The second kappa shape index (κ2) is 9.11. The number of fused-ring (bicyclic) bond motifs is 1. The van der Waals surface area contributed by atoms with E-state index in [0.29, 0.717) is 23.4 Å². The van der Waals surface area contributed by atoms with E-state index in [0.717, 1.165) is 16.4 Å². The van der Waals surface area contributed by atoms with Crippen LogP contribution in [0.4, 0.5) is 5.69 Å². The number of nitro benzene ring substituents is 1. The van der Waals surface area contributed by atoms with Crippen LogP contribution in [0, 0.1) is 27.9 Å². The minimum absolute atomic E-state index is 0.226. The summed E-state index contributed by atoms with van der Waals surface area (Å²) < 4.78 is 0. The lowest BCUT2D eigenvalue weighted by Gasteiger charge is -2.31. The van der Waals surface area contributed by atoms with E-state index in [4.69, 9.17) is 23.2 Å². The Hall–Kier alpha value is -2.97. The van der Waals surface area contributed by atoms with Gasteiger partial charge in [0.05, 0.1) is 23.3 Å². The number of benzene rings is 2. The molecule has 1 saturated heterocycles. The Kier molecular flexibility index (Phi) is 6.41. The van der Waals surface area contributed by atoms with Crippen molar-refractivity contribution in [1.82, 2.24) is 10.0 Å². The maximum absolute atomic E-state index is 13.6. The fourth-order valence-corrected chi connectivity index (χ4v) is 5.08. The predicted molar refractivity (Wildman–Crippen MR) is 121 cm³/mol.